The van der Waals surface area contributed by atoms with Crippen LogP contribution in [0.5, 0.6) is 0 Å². The molecule has 0 bridgehead atoms. The molecule has 4 heteroatoms. The van der Waals surface area contributed by atoms with E-state index in [1.165, 1.54) is 5.56 Å². The normalized spacial score (nSPS) is 14.9. The van der Waals surface area contributed by atoms with Crippen LogP contribution in [0.2, 0.25) is 5.02 Å². The summed E-state index contributed by atoms with van der Waals surface area (Å²) >= 11 is 5.84. The number of rotatable bonds is 6. The van der Waals surface area contributed by atoms with E-state index in [4.69, 9.17) is 11.6 Å². The van der Waals surface area contributed by atoms with Gasteiger partial charge in [-0.25, -0.2) is 0 Å². The highest BCUT2D eigenvalue weighted by Gasteiger charge is 2.09. The highest BCUT2D eigenvalue weighted by atomic mass is 35.5. The van der Waals surface area contributed by atoms with Crippen LogP contribution in [0.15, 0.2) is 24.3 Å². The molecule has 17 heavy (non-hydrogen) atoms. The first-order chi connectivity index (χ1) is 7.99. The molecule has 1 unspecified atom stereocenters. The average Bonchev–Trinajstić information content (AvgIpc) is 2.26. The molecule has 2 atom stereocenters. The Morgan fingerprint density at radius 1 is 1.29 bits per heavy atom. The summed E-state index contributed by atoms with van der Waals surface area (Å²) < 4.78 is 0. The second-order valence-corrected chi connectivity index (χ2v) is 5.03. The quantitative estimate of drug-likeness (QED) is 0.816. The maximum absolute atomic E-state index is 9.73. The Bertz CT molecular complexity index is 327. The number of hydrogen-bond donors (Lipinski definition) is 2. The van der Waals surface area contributed by atoms with Crippen molar-refractivity contribution < 1.29 is 5.11 Å². The van der Waals surface area contributed by atoms with Crippen molar-refractivity contribution in [1.29, 1.82) is 0 Å². The maximum Gasteiger partial charge on any atom is 0.0791 e. The monoisotopic (exact) mass is 256 g/mol. The van der Waals surface area contributed by atoms with Gasteiger partial charge >= 0.3 is 0 Å². The fraction of sp³-hybridized carbons (Fsp3) is 0.538. The molecule has 0 radical (unpaired) electrons. The molecule has 0 aliphatic carbocycles. The predicted octanol–water partition coefficient (Wildman–Crippen LogP) is 1.91. The summed E-state index contributed by atoms with van der Waals surface area (Å²) in [5.74, 6) is 0. The first-order valence-electron chi connectivity index (χ1n) is 5.80. The number of aliphatic hydroxyl groups excluding tert-OH is 1. The van der Waals surface area contributed by atoms with Crippen LogP contribution in [0.3, 0.4) is 0 Å². The van der Waals surface area contributed by atoms with E-state index in [0.29, 0.717) is 13.1 Å². The fourth-order valence-corrected chi connectivity index (χ4v) is 1.79. The molecule has 1 rings (SSSR count). The summed E-state index contributed by atoms with van der Waals surface area (Å²) in [6.07, 6.45) is -0.347. The number of nitrogens with zero attached hydrogens (tertiary/aromatic N) is 1. The van der Waals surface area contributed by atoms with Crippen LogP contribution in [0.25, 0.3) is 0 Å². The lowest BCUT2D eigenvalue weighted by atomic mass is 10.1. The van der Waals surface area contributed by atoms with E-state index >= 15 is 0 Å². The van der Waals surface area contributed by atoms with Crippen LogP contribution in [0.4, 0.5) is 0 Å². The molecule has 2 N–H and O–H groups in total. The van der Waals surface area contributed by atoms with Crippen LogP contribution in [0, 0.1) is 0 Å². The number of hydrogen-bond acceptors (Lipinski definition) is 3. The second-order valence-electron chi connectivity index (χ2n) is 4.60. The molecular weight excluding hydrogens is 236 g/mol. The van der Waals surface area contributed by atoms with E-state index in [-0.39, 0.29) is 12.1 Å². The Hall–Kier alpha value is -0.610. The minimum atomic E-state index is -0.347. The van der Waals surface area contributed by atoms with Crippen LogP contribution < -0.4 is 5.32 Å². The third kappa shape index (κ3) is 5.50. The van der Waals surface area contributed by atoms with Gasteiger partial charge in [0.25, 0.3) is 0 Å². The van der Waals surface area contributed by atoms with Crippen molar-refractivity contribution in [2.75, 3.05) is 27.2 Å². The lowest BCUT2D eigenvalue weighted by molar-refractivity contribution is 0.132. The minimum Gasteiger partial charge on any atom is -0.390 e. The topological polar surface area (TPSA) is 35.5 Å². The van der Waals surface area contributed by atoms with Crippen molar-refractivity contribution in [2.24, 2.45) is 0 Å². The molecule has 0 aliphatic heterocycles. The van der Waals surface area contributed by atoms with Crippen LogP contribution >= 0.6 is 11.6 Å². The van der Waals surface area contributed by atoms with Crippen molar-refractivity contribution in [3.8, 4) is 0 Å². The smallest absolute Gasteiger partial charge is 0.0791 e. The number of aliphatic hydroxyl groups is 1. The Kier molecular flexibility index (Phi) is 5.92. The number of likely N-dealkylation sites (N-methyl/N-ethyl adjacent to an activating group) is 1. The molecule has 0 aliphatic rings. The summed E-state index contributed by atoms with van der Waals surface area (Å²) in [6, 6.07) is 7.97. The summed E-state index contributed by atoms with van der Waals surface area (Å²) in [5.41, 5.74) is 1.17. The lowest BCUT2D eigenvalue weighted by Crippen LogP contribution is -2.36. The zero-order valence-corrected chi connectivity index (χ0v) is 11.4. The number of nitrogens with one attached hydrogen (secondary N) is 1. The van der Waals surface area contributed by atoms with Gasteiger partial charge in [-0.15, -0.1) is 0 Å². The standard InChI is InChI=1S/C13H21ClN2O/c1-10(11-4-6-12(14)7-5-11)15-8-13(17)9-16(2)3/h4-7,10,13,15,17H,8-9H2,1-3H3/t10-,13?/m1/s1. The molecule has 0 aromatic heterocycles. The van der Waals surface area contributed by atoms with Gasteiger partial charge in [-0.3, -0.25) is 0 Å². The van der Waals surface area contributed by atoms with E-state index < -0.39 is 0 Å². The zero-order valence-electron chi connectivity index (χ0n) is 10.7. The van der Waals surface area contributed by atoms with Crippen molar-refractivity contribution in [3.63, 3.8) is 0 Å². The Labute approximate surface area is 108 Å². The molecule has 3 nitrogen and oxygen atoms in total. The summed E-state index contributed by atoms with van der Waals surface area (Å²) in [7, 11) is 3.90. The third-order valence-corrected chi connectivity index (χ3v) is 2.86. The van der Waals surface area contributed by atoms with Crippen molar-refractivity contribution in [1.82, 2.24) is 10.2 Å². The van der Waals surface area contributed by atoms with Gasteiger partial charge < -0.3 is 15.3 Å². The predicted molar refractivity (Wildman–Crippen MR) is 72.4 cm³/mol. The fourth-order valence-electron chi connectivity index (χ4n) is 1.67. The summed E-state index contributed by atoms with van der Waals surface area (Å²) in [5, 5.41) is 13.8. The SMILES string of the molecule is C[C@@H](NCC(O)CN(C)C)c1ccc(Cl)cc1. The molecule has 0 spiro atoms. The molecule has 0 heterocycles. The maximum atomic E-state index is 9.73. The van der Waals surface area contributed by atoms with Gasteiger partial charge in [-0.1, -0.05) is 23.7 Å². The molecule has 1 aromatic carbocycles. The first kappa shape index (κ1) is 14.5. The molecule has 0 saturated heterocycles. The number of halogens is 1. The molecule has 1 aromatic rings. The molecule has 0 saturated carbocycles. The molecular formula is C13H21ClN2O. The van der Waals surface area contributed by atoms with Crippen molar-refractivity contribution in [2.45, 2.75) is 19.1 Å². The number of benzene rings is 1. The Morgan fingerprint density at radius 3 is 2.41 bits per heavy atom. The Balaban J connectivity index is 2.39. The van der Waals surface area contributed by atoms with E-state index in [1.54, 1.807) is 0 Å². The minimum absolute atomic E-state index is 0.212. The van der Waals surface area contributed by atoms with Gasteiger partial charge in [0.1, 0.15) is 0 Å². The van der Waals surface area contributed by atoms with Gasteiger partial charge in [0.15, 0.2) is 0 Å². The summed E-state index contributed by atoms with van der Waals surface area (Å²) in [4.78, 5) is 1.97. The van der Waals surface area contributed by atoms with E-state index in [1.807, 2.05) is 43.3 Å². The second kappa shape index (κ2) is 6.97. The van der Waals surface area contributed by atoms with Crippen molar-refractivity contribution >= 4 is 11.6 Å². The van der Waals surface area contributed by atoms with Crippen molar-refractivity contribution in [3.05, 3.63) is 34.9 Å². The van der Waals surface area contributed by atoms with E-state index in [0.717, 1.165) is 5.02 Å². The van der Waals surface area contributed by atoms with Gasteiger partial charge in [0.05, 0.1) is 6.10 Å². The molecule has 0 fully saturated rings. The average molecular weight is 257 g/mol. The first-order valence-corrected chi connectivity index (χ1v) is 6.18. The zero-order chi connectivity index (χ0) is 12.8. The van der Waals surface area contributed by atoms with E-state index in [9.17, 15) is 5.11 Å². The highest BCUT2D eigenvalue weighted by Crippen LogP contribution is 2.15. The van der Waals surface area contributed by atoms with Gasteiger partial charge in [-0.2, -0.15) is 0 Å². The largest absolute Gasteiger partial charge is 0.390 e. The lowest BCUT2D eigenvalue weighted by Gasteiger charge is -2.20. The molecule has 0 amide bonds. The summed E-state index contributed by atoms with van der Waals surface area (Å²) in [6.45, 7) is 3.33. The van der Waals surface area contributed by atoms with Gasteiger partial charge in [-0.05, 0) is 38.7 Å². The third-order valence-electron chi connectivity index (χ3n) is 2.61. The van der Waals surface area contributed by atoms with Gasteiger partial charge in [0, 0.05) is 24.2 Å². The molecule has 96 valence electrons. The van der Waals surface area contributed by atoms with Gasteiger partial charge in [0.2, 0.25) is 0 Å². The highest BCUT2D eigenvalue weighted by molar-refractivity contribution is 6.30. The Morgan fingerprint density at radius 2 is 1.88 bits per heavy atom. The van der Waals surface area contributed by atoms with Crippen LogP contribution in [0.1, 0.15) is 18.5 Å². The van der Waals surface area contributed by atoms with E-state index in [2.05, 4.69) is 12.2 Å². The van der Waals surface area contributed by atoms with Crippen LogP contribution in [-0.2, 0) is 0 Å². The van der Waals surface area contributed by atoms with Crippen LogP contribution in [-0.4, -0.2) is 43.3 Å².